The number of benzene rings is 2. The third kappa shape index (κ3) is 9.95. The van der Waals surface area contributed by atoms with Crippen molar-refractivity contribution in [1.29, 1.82) is 0 Å². The van der Waals surface area contributed by atoms with Crippen LogP contribution in [-0.2, 0) is 13.1 Å². The highest BCUT2D eigenvalue weighted by molar-refractivity contribution is 7.14. The van der Waals surface area contributed by atoms with Gasteiger partial charge in [-0.25, -0.2) is 0 Å². The smallest absolute Gasteiger partial charge is 0.324 e. The minimum atomic E-state index is -0.469. The molecule has 0 bridgehead atoms. The van der Waals surface area contributed by atoms with Crippen molar-refractivity contribution in [1.82, 2.24) is 20.4 Å². The summed E-state index contributed by atoms with van der Waals surface area (Å²) in [5, 5.41) is 20.8. The average molecular weight is 661 g/mol. The predicted octanol–water partition coefficient (Wildman–Crippen LogP) is 5.78. The molecule has 4 heterocycles. The summed E-state index contributed by atoms with van der Waals surface area (Å²) in [5.74, 6) is -0.227. The lowest BCUT2D eigenvalue weighted by atomic mass is 10.0. The third-order valence-electron chi connectivity index (χ3n) is 8.25. The van der Waals surface area contributed by atoms with E-state index in [1.165, 1.54) is 33.9 Å². The Morgan fingerprint density at radius 3 is 1.57 bits per heavy atom. The Bertz CT molecular complexity index is 1560. The fourth-order valence-electron chi connectivity index (χ4n) is 5.70. The molecular formula is C34H40N6O4S2. The molecule has 4 aromatic rings. The molecule has 2 aliphatic heterocycles. The normalized spacial score (nSPS) is 16.3. The maximum absolute atomic E-state index is 12.2. The van der Waals surface area contributed by atoms with E-state index in [0.29, 0.717) is 16.1 Å². The number of likely N-dealkylation sites (tertiary alicyclic amines) is 2. The molecule has 10 nitrogen and oxygen atoms in total. The molecule has 46 heavy (non-hydrogen) atoms. The van der Waals surface area contributed by atoms with E-state index in [2.05, 4.69) is 56.8 Å². The molecule has 0 unspecified atom stereocenters. The second-order valence-corrected chi connectivity index (χ2v) is 13.5. The summed E-state index contributed by atoms with van der Waals surface area (Å²) < 4.78 is 0. The Hall–Kier alpha value is -4.10. The molecule has 0 aliphatic carbocycles. The van der Waals surface area contributed by atoms with Gasteiger partial charge in [0.25, 0.3) is 11.8 Å². The van der Waals surface area contributed by atoms with E-state index < -0.39 is 4.92 Å². The highest BCUT2D eigenvalue weighted by atomic mass is 32.1. The number of nitrogens with two attached hydrogens (primary N) is 1. The van der Waals surface area contributed by atoms with E-state index in [1.54, 1.807) is 6.07 Å². The first-order valence-electron chi connectivity index (χ1n) is 15.5. The molecule has 0 radical (unpaired) electrons. The van der Waals surface area contributed by atoms with Gasteiger partial charge in [0.1, 0.15) is 0 Å². The van der Waals surface area contributed by atoms with Gasteiger partial charge in [-0.05, 0) is 42.9 Å². The molecule has 0 saturated carbocycles. The molecule has 2 aromatic heterocycles. The van der Waals surface area contributed by atoms with E-state index >= 15 is 0 Å². The molecule has 0 spiro atoms. The minimum Gasteiger partial charge on any atom is -0.391 e. The van der Waals surface area contributed by atoms with Crippen LogP contribution in [0.15, 0.2) is 83.6 Å². The van der Waals surface area contributed by atoms with Gasteiger partial charge in [-0.15, -0.1) is 11.3 Å². The highest BCUT2D eigenvalue weighted by Gasteiger charge is 2.23. The monoisotopic (exact) mass is 660 g/mol. The summed E-state index contributed by atoms with van der Waals surface area (Å²) in [5.41, 5.74) is 9.36. The Morgan fingerprint density at radius 1 is 0.739 bits per heavy atom. The molecule has 2 fully saturated rings. The molecular weight excluding hydrogens is 621 g/mol. The zero-order valence-corrected chi connectivity index (χ0v) is 27.3. The summed E-state index contributed by atoms with van der Waals surface area (Å²) in [7, 11) is 0. The number of rotatable bonds is 9. The van der Waals surface area contributed by atoms with Crippen molar-refractivity contribution in [2.24, 2.45) is 0 Å². The van der Waals surface area contributed by atoms with Gasteiger partial charge in [0, 0.05) is 68.2 Å². The van der Waals surface area contributed by atoms with Crippen molar-refractivity contribution in [2.45, 2.75) is 50.9 Å². The molecule has 2 saturated heterocycles. The molecule has 2 amide bonds. The fourth-order valence-corrected chi connectivity index (χ4v) is 7.04. The van der Waals surface area contributed by atoms with Crippen molar-refractivity contribution in [3.8, 4) is 0 Å². The molecule has 2 aliphatic rings. The van der Waals surface area contributed by atoms with Crippen LogP contribution in [0, 0.1) is 10.1 Å². The summed E-state index contributed by atoms with van der Waals surface area (Å²) in [6.07, 6.45) is 3.78. The number of piperidine rings is 2. The van der Waals surface area contributed by atoms with Crippen molar-refractivity contribution in [3.63, 3.8) is 0 Å². The van der Waals surface area contributed by atoms with Crippen LogP contribution in [0.5, 0.6) is 0 Å². The van der Waals surface area contributed by atoms with Gasteiger partial charge in [0.2, 0.25) is 0 Å². The van der Waals surface area contributed by atoms with Crippen molar-refractivity contribution in [3.05, 3.63) is 116 Å². The number of nitrogens with zero attached hydrogens (tertiary/aromatic N) is 3. The number of nitro groups is 1. The molecule has 0 atom stereocenters. The standard InChI is InChI=1S/C17H19N3O3S.C17H21N3OS/c21-17(14-10-16(20(22)23)24-12-14)18-15-6-8-19(9-7-15)11-13-4-2-1-3-5-13;18-16-10-14(12-22-16)17(21)19-15-6-8-20(9-7-15)11-13-4-2-1-3-5-13/h1-5,10,12,15H,6-9,11H2,(H,18,21);1-5,10,12,15H,6-9,11,18H2,(H,19,21). The minimum absolute atomic E-state index is 0.00201. The zero-order chi connectivity index (χ0) is 32.3. The second-order valence-electron chi connectivity index (χ2n) is 11.7. The fraction of sp³-hybridized carbons (Fsp3) is 0.353. The van der Waals surface area contributed by atoms with Gasteiger partial charge in [0.15, 0.2) is 0 Å². The summed E-state index contributed by atoms with van der Waals surface area (Å²) in [6.45, 7) is 5.82. The van der Waals surface area contributed by atoms with Crippen LogP contribution in [-0.4, -0.2) is 64.8 Å². The Morgan fingerprint density at radius 2 is 1.17 bits per heavy atom. The number of hydrogen-bond acceptors (Lipinski definition) is 9. The molecule has 242 valence electrons. The lowest BCUT2D eigenvalue weighted by Crippen LogP contribution is -2.44. The van der Waals surface area contributed by atoms with Crippen LogP contribution in [0.25, 0.3) is 0 Å². The zero-order valence-electron chi connectivity index (χ0n) is 25.7. The van der Waals surface area contributed by atoms with Crippen LogP contribution in [0.2, 0.25) is 0 Å². The number of nitrogen functional groups attached to an aromatic ring is 1. The van der Waals surface area contributed by atoms with E-state index in [4.69, 9.17) is 5.73 Å². The van der Waals surface area contributed by atoms with Gasteiger partial charge in [0.05, 0.1) is 21.1 Å². The first-order valence-corrected chi connectivity index (χ1v) is 17.3. The number of carbonyl (C=O) groups excluding carboxylic acids is 2. The Labute approximate surface area is 277 Å². The SMILES string of the molecule is Nc1cc(C(=O)NC2CCN(Cc3ccccc3)CC2)cs1.O=C(NC1CCN(Cc2ccccc2)CC1)c1csc([N+](=O)[O-])c1. The Balaban J connectivity index is 0.000000182. The topological polar surface area (TPSA) is 134 Å². The average Bonchev–Trinajstić information content (AvgIpc) is 3.75. The van der Waals surface area contributed by atoms with Crippen molar-refractivity contribution >= 4 is 44.5 Å². The number of thiophene rings is 2. The van der Waals surface area contributed by atoms with Gasteiger partial charge in [-0.1, -0.05) is 72.0 Å². The maximum Gasteiger partial charge on any atom is 0.324 e. The van der Waals surface area contributed by atoms with Crippen LogP contribution in [0.1, 0.15) is 57.5 Å². The Kier molecular flexibility index (Phi) is 11.9. The van der Waals surface area contributed by atoms with Crippen molar-refractivity contribution in [2.75, 3.05) is 31.9 Å². The maximum atomic E-state index is 12.2. The predicted molar refractivity (Wildman–Crippen MR) is 184 cm³/mol. The summed E-state index contributed by atoms with van der Waals surface area (Å²) in [4.78, 5) is 39.4. The summed E-state index contributed by atoms with van der Waals surface area (Å²) in [6, 6.07) is 24.3. The van der Waals surface area contributed by atoms with Crippen LogP contribution in [0.3, 0.4) is 0 Å². The number of hydrogen-bond donors (Lipinski definition) is 3. The van der Waals surface area contributed by atoms with E-state index in [1.807, 2.05) is 29.6 Å². The van der Waals surface area contributed by atoms with E-state index in [-0.39, 0.29) is 28.9 Å². The van der Waals surface area contributed by atoms with Crippen molar-refractivity contribution < 1.29 is 14.5 Å². The van der Waals surface area contributed by atoms with Crippen LogP contribution in [0.4, 0.5) is 10.0 Å². The van der Waals surface area contributed by atoms with Crippen LogP contribution < -0.4 is 16.4 Å². The first-order chi connectivity index (χ1) is 22.3. The molecule has 2 aromatic carbocycles. The number of carbonyl (C=O) groups is 2. The molecule has 12 heteroatoms. The largest absolute Gasteiger partial charge is 0.391 e. The van der Waals surface area contributed by atoms with Gasteiger partial charge in [-0.3, -0.25) is 29.5 Å². The van der Waals surface area contributed by atoms with Crippen LogP contribution >= 0.6 is 22.7 Å². The lowest BCUT2D eigenvalue weighted by Gasteiger charge is -2.32. The highest BCUT2D eigenvalue weighted by Crippen LogP contribution is 2.23. The summed E-state index contributed by atoms with van der Waals surface area (Å²) >= 11 is 2.39. The molecule has 4 N–H and O–H groups in total. The quantitative estimate of drug-likeness (QED) is 0.153. The third-order valence-corrected chi connectivity index (χ3v) is 9.90. The van der Waals surface area contributed by atoms with E-state index in [9.17, 15) is 19.7 Å². The van der Waals surface area contributed by atoms with Gasteiger partial charge >= 0.3 is 5.00 Å². The lowest BCUT2D eigenvalue weighted by molar-refractivity contribution is -0.380. The molecule has 6 rings (SSSR count). The van der Waals surface area contributed by atoms with Gasteiger partial charge in [-0.2, -0.15) is 0 Å². The number of nitrogens with one attached hydrogen (secondary N) is 2. The first kappa shape index (κ1) is 33.3. The van der Waals surface area contributed by atoms with Gasteiger partial charge < -0.3 is 16.4 Å². The number of amides is 2. The second kappa shape index (κ2) is 16.5. The number of anilines is 1. The van der Waals surface area contributed by atoms with E-state index in [0.717, 1.165) is 76.3 Å².